The van der Waals surface area contributed by atoms with Crippen LogP contribution >= 0.6 is 0 Å². The van der Waals surface area contributed by atoms with Gasteiger partial charge in [0.15, 0.2) is 14.1 Å². The van der Waals surface area contributed by atoms with Gasteiger partial charge in [0.2, 0.25) is 0 Å². The lowest BCUT2D eigenvalue weighted by molar-refractivity contribution is -0.145. The molecule has 4 nitrogen and oxygen atoms in total. The van der Waals surface area contributed by atoms with Crippen molar-refractivity contribution < 1.29 is 13.9 Å². The summed E-state index contributed by atoms with van der Waals surface area (Å²) in [5.41, 5.74) is 0. The number of hydrogen-bond donors (Lipinski definition) is 1. The van der Waals surface area contributed by atoms with E-state index in [0.29, 0.717) is 30.0 Å². The Bertz CT molecular complexity index is 633. The Balaban J connectivity index is 1.55. The van der Waals surface area contributed by atoms with E-state index in [1.54, 1.807) is 0 Å². The first kappa shape index (κ1) is 25.2. The molecule has 3 rings (SSSR count). The first-order valence-corrected chi connectivity index (χ1v) is 15.5. The van der Waals surface area contributed by atoms with Crippen molar-refractivity contribution in [2.75, 3.05) is 13.2 Å². The van der Waals surface area contributed by atoms with Crippen LogP contribution in [0.2, 0.25) is 18.1 Å². The lowest BCUT2D eigenvalue weighted by Crippen LogP contribution is -2.59. The second kappa shape index (κ2) is 10.2. The van der Waals surface area contributed by atoms with Crippen LogP contribution in [-0.4, -0.2) is 45.5 Å². The second-order valence-corrected chi connectivity index (χ2v) is 16.4. The van der Waals surface area contributed by atoms with Gasteiger partial charge in [-0.1, -0.05) is 51.5 Å². The van der Waals surface area contributed by atoms with Crippen molar-refractivity contribution in [2.45, 2.75) is 115 Å². The molecule has 2 aliphatic heterocycles. The van der Waals surface area contributed by atoms with Crippen LogP contribution in [0.25, 0.3) is 0 Å². The first-order chi connectivity index (χ1) is 14.5. The Kier molecular flexibility index (Phi) is 8.29. The van der Waals surface area contributed by atoms with Crippen molar-refractivity contribution >= 4 is 8.32 Å². The Morgan fingerprint density at radius 2 is 1.84 bits per heavy atom. The van der Waals surface area contributed by atoms with E-state index in [2.05, 4.69) is 70.4 Å². The third kappa shape index (κ3) is 6.54. The van der Waals surface area contributed by atoms with Crippen LogP contribution in [0.3, 0.4) is 0 Å². The van der Waals surface area contributed by atoms with E-state index in [1.807, 2.05) is 6.92 Å². The second-order valence-electron chi connectivity index (χ2n) is 11.7. The van der Waals surface area contributed by atoms with Crippen LogP contribution < -0.4 is 5.32 Å². The van der Waals surface area contributed by atoms with Crippen LogP contribution in [0.5, 0.6) is 0 Å². The zero-order chi connectivity index (χ0) is 22.7. The predicted molar refractivity (Wildman–Crippen MR) is 132 cm³/mol. The van der Waals surface area contributed by atoms with Gasteiger partial charge in [0.1, 0.15) is 0 Å². The van der Waals surface area contributed by atoms with Crippen LogP contribution in [0, 0.1) is 11.8 Å². The average Bonchev–Trinajstić information content (AvgIpc) is 3.11. The van der Waals surface area contributed by atoms with Crippen molar-refractivity contribution in [1.29, 1.82) is 0 Å². The zero-order valence-corrected chi connectivity index (χ0v) is 22.1. The number of fused-ring (bicyclic) bond motifs is 1. The maximum absolute atomic E-state index is 6.88. The van der Waals surface area contributed by atoms with Gasteiger partial charge in [-0.25, -0.2) is 0 Å². The van der Waals surface area contributed by atoms with E-state index in [4.69, 9.17) is 13.9 Å². The Morgan fingerprint density at radius 1 is 1.13 bits per heavy atom. The highest BCUT2D eigenvalue weighted by Crippen LogP contribution is 2.42. The van der Waals surface area contributed by atoms with E-state index < -0.39 is 8.32 Å². The molecule has 3 fully saturated rings. The van der Waals surface area contributed by atoms with Crippen molar-refractivity contribution in [2.24, 2.45) is 11.8 Å². The SMILES string of the molecule is C[C@@H]1N[C@@H]2CCC[C@@H](/C=C/C=C/CCC3(C)OCCO3)[C@@H]2C[C@H]1O[Si](C)(C)C(C)(C)C. The van der Waals surface area contributed by atoms with E-state index in [0.717, 1.165) is 26.1 Å². The van der Waals surface area contributed by atoms with E-state index >= 15 is 0 Å². The number of nitrogens with one attached hydrogen (secondary N) is 1. The number of hydrogen-bond acceptors (Lipinski definition) is 4. The monoisotopic (exact) mass is 449 g/mol. The molecule has 0 unspecified atom stereocenters. The third-order valence-corrected chi connectivity index (χ3v) is 12.7. The molecule has 0 amide bonds. The Morgan fingerprint density at radius 3 is 2.52 bits per heavy atom. The molecule has 0 aromatic rings. The molecule has 1 aliphatic carbocycles. The lowest BCUT2D eigenvalue weighted by atomic mass is 9.70. The van der Waals surface area contributed by atoms with Crippen molar-refractivity contribution in [3.05, 3.63) is 24.3 Å². The number of ether oxygens (including phenoxy) is 2. The normalized spacial score (nSPS) is 34.5. The number of rotatable bonds is 7. The van der Waals surface area contributed by atoms with E-state index in [9.17, 15) is 0 Å². The van der Waals surface area contributed by atoms with Crippen molar-refractivity contribution in [3.8, 4) is 0 Å². The highest BCUT2D eigenvalue weighted by atomic mass is 28.4. The molecule has 0 aromatic carbocycles. The van der Waals surface area contributed by atoms with Gasteiger partial charge in [-0.3, -0.25) is 0 Å². The summed E-state index contributed by atoms with van der Waals surface area (Å²) >= 11 is 0. The minimum Gasteiger partial charge on any atom is -0.412 e. The summed E-state index contributed by atoms with van der Waals surface area (Å²) in [4.78, 5) is 0. The minimum atomic E-state index is -1.76. The summed E-state index contributed by atoms with van der Waals surface area (Å²) in [6, 6.07) is 1.08. The summed E-state index contributed by atoms with van der Waals surface area (Å²) in [6.45, 7) is 17.6. The molecule has 31 heavy (non-hydrogen) atoms. The van der Waals surface area contributed by atoms with Gasteiger partial charge in [-0.15, -0.1) is 0 Å². The molecule has 0 bridgehead atoms. The molecule has 5 heteroatoms. The topological polar surface area (TPSA) is 39.7 Å². The van der Waals surface area contributed by atoms with Gasteiger partial charge in [0.05, 0.1) is 19.3 Å². The van der Waals surface area contributed by atoms with Gasteiger partial charge in [-0.05, 0) is 69.5 Å². The smallest absolute Gasteiger partial charge is 0.192 e. The molecular formula is C26H47NO3Si. The molecule has 5 atom stereocenters. The molecule has 0 spiro atoms. The number of allylic oxidation sites excluding steroid dienone is 4. The lowest BCUT2D eigenvalue weighted by Gasteiger charge is -2.49. The first-order valence-electron chi connectivity index (χ1n) is 12.6. The van der Waals surface area contributed by atoms with Gasteiger partial charge >= 0.3 is 0 Å². The molecule has 178 valence electrons. The summed E-state index contributed by atoms with van der Waals surface area (Å²) in [5, 5.41) is 4.19. The number of piperidine rings is 1. The van der Waals surface area contributed by atoms with Crippen molar-refractivity contribution in [1.82, 2.24) is 5.32 Å². The summed E-state index contributed by atoms with van der Waals surface area (Å²) in [5.74, 6) is 0.949. The largest absolute Gasteiger partial charge is 0.412 e. The molecule has 1 N–H and O–H groups in total. The van der Waals surface area contributed by atoms with Crippen LogP contribution in [0.1, 0.15) is 73.1 Å². The highest BCUT2D eigenvalue weighted by molar-refractivity contribution is 6.74. The fourth-order valence-corrected chi connectivity index (χ4v) is 6.55. The molecule has 1 saturated carbocycles. The summed E-state index contributed by atoms with van der Waals surface area (Å²) in [7, 11) is -1.76. The molecule has 2 saturated heterocycles. The van der Waals surface area contributed by atoms with E-state index in [1.165, 1.54) is 25.7 Å². The fraction of sp³-hybridized carbons (Fsp3) is 0.846. The molecule has 2 heterocycles. The Labute approximate surface area is 192 Å². The molecule has 0 radical (unpaired) electrons. The minimum absolute atomic E-state index is 0.256. The molecule has 3 aliphatic rings. The average molecular weight is 450 g/mol. The van der Waals surface area contributed by atoms with Crippen LogP contribution in [-0.2, 0) is 13.9 Å². The zero-order valence-electron chi connectivity index (χ0n) is 21.1. The van der Waals surface area contributed by atoms with Crippen molar-refractivity contribution in [3.63, 3.8) is 0 Å². The predicted octanol–water partition coefficient (Wildman–Crippen LogP) is 6.20. The van der Waals surface area contributed by atoms with Crippen LogP contribution in [0.4, 0.5) is 0 Å². The van der Waals surface area contributed by atoms with Gasteiger partial charge in [0, 0.05) is 18.5 Å². The van der Waals surface area contributed by atoms with E-state index in [-0.39, 0.29) is 10.8 Å². The Hall–Kier alpha value is -0.463. The maximum atomic E-state index is 6.88. The standard InChI is InChI=1S/C26H47NO3Si/c1-20-24(30-31(6,7)25(2,3)4)19-22-21(14-12-15-23(22)27-20)13-10-8-9-11-16-26(5)28-17-18-29-26/h8-10,13,20-24,27H,11-12,14-19H2,1-7H3/b9-8+,13-10+/t20-,21+,22-,23+,24+/m0/s1. The molecular weight excluding hydrogens is 402 g/mol. The third-order valence-electron chi connectivity index (χ3n) is 8.18. The van der Waals surface area contributed by atoms with Gasteiger partial charge in [0.25, 0.3) is 0 Å². The fourth-order valence-electron chi connectivity index (χ4n) is 5.14. The van der Waals surface area contributed by atoms with Gasteiger partial charge in [-0.2, -0.15) is 0 Å². The summed E-state index contributed by atoms with van der Waals surface area (Å²) in [6.07, 6.45) is 16.5. The molecule has 0 aromatic heterocycles. The van der Waals surface area contributed by atoms with Gasteiger partial charge < -0.3 is 19.2 Å². The van der Waals surface area contributed by atoms with Crippen LogP contribution in [0.15, 0.2) is 24.3 Å². The maximum Gasteiger partial charge on any atom is 0.192 e. The quantitative estimate of drug-likeness (QED) is 0.371. The summed E-state index contributed by atoms with van der Waals surface area (Å²) < 4.78 is 18.3. The highest BCUT2D eigenvalue weighted by Gasteiger charge is 2.45.